The van der Waals surface area contributed by atoms with Crippen LogP contribution in [0.25, 0.3) is 0 Å². The van der Waals surface area contributed by atoms with Crippen molar-refractivity contribution in [1.82, 2.24) is 0 Å². The largest absolute Gasteiger partial charge is 0.391 e. The molecule has 0 saturated carbocycles. The molecule has 62 valence electrons. The molecule has 1 aliphatic heterocycles. The summed E-state index contributed by atoms with van der Waals surface area (Å²) in [6.07, 6.45) is -3.80. The second-order valence-electron chi connectivity index (χ2n) is 2.79. The zero-order chi connectivity index (χ0) is 8.59. The van der Waals surface area contributed by atoms with Crippen molar-refractivity contribution >= 4 is 7.85 Å². The first-order chi connectivity index (χ1) is 5.04. The molecule has 0 aliphatic carbocycles. The van der Waals surface area contributed by atoms with Gasteiger partial charge in [0.15, 0.2) is 0 Å². The zero-order valence-corrected chi connectivity index (χ0v) is 6.21. The topological polar surface area (TPSA) is 69.9 Å². The average Bonchev–Trinajstić information content (AvgIpc) is 2.17. The van der Waals surface area contributed by atoms with Crippen LogP contribution in [0.3, 0.4) is 0 Å². The van der Waals surface area contributed by atoms with Crippen molar-refractivity contribution in [2.45, 2.75) is 37.3 Å². The van der Waals surface area contributed by atoms with Gasteiger partial charge in [-0.2, -0.15) is 0 Å². The summed E-state index contributed by atoms with van der Waals surface area (Å²) in [7, 11) is 5.25. The van der Waals surface area contributed by atoms with Crippen LogP contribution in [0.5, 0.6) is 0 Å². The van der Waals surface area contributed by atoms with Crippen LogP contribution < -0.4 is 0 Å². The molecule has 1 aliphatic rings. The summed E-state index contributed by atoms with van der Waals surface area (Å²) in [5.74, 6) is 0. The summed E-state index contributed by atoms with van der Waals surface area (Å²) in [5.41, 5.74) is 0. The molecular weight excluding hydrogens is 147 g/mol. The Balaban J connectivity index is 2.59. The highest BCUT2D eigenvalue weighted by Gasteiger charge is 2.41. The molecule has 5 atom stereocenters. The van der Waals surface area contributed by atoms with Gasteiger partial charge in [0.05, 0.1) is 12.2 Å². The van der Waals surface area contributed by atoms with E-state index in [2.05, 4.69) is 0 Å². The lowest BCUT2D eigenvalue weighted by atomic mass is 9.93. The predicted octanol–water partition coefficient (Wildman–Crippen LogP) is -2.02. The van der Waals surface area contributed by atoms with Gasteiger partial charge in [0.2, 0.25) is 0 Å². The Morgan fingerprint density at radius 3 is 2.09 bits per heavy atom. The highest BCUT2D eigenvalue weighted by molar-refractivity contribution is 6.11. The van der Waals surface area contributed by atoms with E-state index < -0.39 is 30.4 Å². The van der Waals surface area contributed by atoms with Crippen molar-refractivity contribution in [1.29, 1.82) is 0 Å². The maximum atomic E-state index is 9.18. The molecule has 3 N–H and O–H groups in total. The first kappa shape index (κ1) is 9.00. The summed E-state index contributed by atoms with van der Waals surface area (Å²) in [6, 6.07) is -0.899. The number of aliphatic hydroxyl groups is 3. The molecule has 0 bridgehead atoms. The third kappa shape index (κ3) is 1.56. The Bertz CT molecular complexity index is 141. The normalized spacial score (nSPS) is 47.6. The summed E-state index contributed by atoms with van der Waals surface area (Å²) in [4.78, 5) is 0. The van der Waals surface area contributed by atoms with E-state index in [4.69, 9.17) is 22.8 Å². The third-order valence-corrected chi connectivity index (χ3v) is 1.81. The van der Waals surface area contributed by atoms with E-state index in [1.165, 1.54) is 6.92 Å². The molecule has 3 unspecified atom stereocenters. The van der Waals surface area contributed by atoms with Crippen molar-refractivity contribution in [3.63, 3.8) is 0 Å². The Morgan fingerprint density at radius 2 is 1.91 bits per heavy atom. The quantitative estimate of drug-likeness (QED) is 0.385. The van der Waals surface area contributed by atoms with Gasteiger partial charge in [0.25, 0.3) is 0 Å². The first-order valence-corrected chi connectivity index (χ1v) is 3.49. The van der Waals surface area contributed by atoms with Gasteiger partial charge in [-0.05, 0) is 6.92 Å². The van der Waals surface area contributed by atoms with E-state index in [0.717, 1.165) is 0 Å². The highest BCUT2D eigenvalue weighted by Crippen LogP contribution is 2.21. The fraction of sp³-hybridized carbons (Fsp3) is 1.00. The number of ether oxygens (including phenoxy) is 1. The van der Waals surface area contributed by atoms with Crippen molar-refractivity contribution in [3.8, 4) is 0 Å². The van der Waals surface area contributed by atoms with Crippen molar-refractivity contribution in [2.75, 3.05) is 0 Å². The molecule has 1 fully saturated rings. The number of hydrogen-bond acceptors (Lipinski definition) is 4. The van der Waals surface area contributed by atoms with Crippen LogP contribution >= 0.6 is 0 Å². The molecule has 0 aromatic rings. The minimum Gasteiger partial charge on any atom is -0.391 e. The molecule has 2 radical (unpaired) electrons. The van der Waals surface area contributed by atoms with Crippen LogP contribution in [0, 0.1) is 0 Å². The van der Waals surface area contributed by atoms with Gasteiger partial charge in [0.1, 0.15) is 20.1 Å². The van der Waals surface area contributed by atoms with Gasteiger partial charge in [-0.15, -0.1) is 0 Å². The van der Waals surface area contributed by atoms with E-state index in [1.807, 2.05) is 0 Å². The van der Waals surface area contributed by atoms with Gasteiger partial charge in [-0.1, -0.05) is 0 Å². The van der Waals surface area contributed by atoms with Crippen LogP contribution in [-0.2, 0) is 4.74 Å². The molecule has 0 aromatic carbocycles. The Morgan fingerprint density at radius 1 is 1.36 bits per heavy atom. The molecule has 0 aromatic heterocycles. The van der Waals surface area contributed by atoms with Crippen molar-refractivity contribution < 1.29 is 20.1 Å². The minimum absolute atomic E-state index is 0.778. The average molecular weight is 158 g/mol. The predicted molar refractivity (Wildman–Crippen MR) is 38.1 cm³/mol. The standard InChI is InChI=1S/C6H11BO4/c1-2(8)5-3(9)4(10)6(7)11-5/h2-6,8-10H,1H3/t2?,3?,4?,5-,6-/m1/s1. The van der Waals surface area contributed by atoms with Crippen LogP contribution in [-0.4, -0.2) is 53.6 Å². The maximum absolute atomic E-state index is 9.18. The maximum Gasteiger partial charge on any atom is 0.112 e. The first-order valence-electron chi connectivity index (χ1n) is 3.49. The van der Waals surface area contributed by atoms with Gasteiger partial charge in [0, 0.05) is 6.00 Å². The van der Waals surface area contributed by atoms with E-state index in [1.54, 1.807) is 0 Å². The lowest BCUT2D eigenvalue weighted by Gasteiger charge is -2.16. The van der Waals surface area contributed by atoms with Gasteiger partial charge >= 0.3 is 0 Å². The monoisotopic (exact) mass is 158 g/mol. The molecular formula is C6H11BO4. The molecule has 5 heteroatoms. The van der Waals surface area contributed by atoms with Crippen LogP contribution in [0.2, 0.25) is 0 Å². The number of aliphatic hydroxyl groups excluding tert-OH is 3. The Kier molecular flexibility index (Phi) is 2.54. The lowest BCUT2D eigenvalue weighted by molar-refractivity contribution is -0.0468. The summed E-state index contributed by atoms with van der Waals surface area (Å²) < 4.78 is 4.88. The van der Waals surface area contributed by atoms with Crippen LogP contribution in [0.15, 0.2) is 0 Å². The minimum atomic E-state index is -1.10. The fourth-order valence-electron chi connectivity index (χ4n) is 1.13. The number of hydrogen-bond donors (Lipinski definition) is 3. The van der Waals surface area contributed by atoms with E-state index in [9.17, 15) is 5.11 Å². The number of rotatable bonds is 1. The Labute approximate surface area is 66.2 Å². The van der Waals surface area contributed by atoms with Gasteiger partial charge in [-0.3, -0.25) is 0 Å². The third-order valence-electron chi connectivity index (χ3n) is 1.81. The molecule has 0 spiro atoms. The lowest BCUT2D eigenvalue weighted by Crippen LogP contribution is -2.37. The van der Waals surface area contributed by atoms with Crippen molar-refractivity contribution in [3.05, 3.63) is 0 Å². The van der Waals surface area contributed by atoms with Crippen LogP contribution in [0.4, 0.5) is 0 Å². The summed E-state index contributed by atoms with van der Waals surface area (Å²) >= 11 is 0. The van der Waals surface area contributed by atoms with E-state index >= 15 is 0 Å². The molecule has 1 rings (SSSR count). The van der Waals surface area contributed by atoms with Gasteiger partial charge in [-0.25, -0.2) is 0 Å². The molecule has 4 nitrogen and oxygen atoms in total. The second kappa shape index (κ2) is 3.10. The zero-order valence-electron chi connectivity index (χ0n) is 6.21. The van der Waals surface area contributed by atoms with E-state index in [-0.39, 0.29) is 0 Å². The fourth-order valence-corrected chi connectivity index (χ4v) is 1.13. The van der Waals surface area contributed by atoms with Gasteiger partial charge < -0.3 is 20.1 Å². The highest BCUT2D eigenvalue weighted by atomic mass is 16.5. The summed E-state index contributed by atoms with van der Waals surface area (Å²) in [5, 5.41) is 27.3. The second-order valence-corrected chi connectivity index (χ2v) is 2.79. The smallest absolute Gasteiger partial charge is 0.112 e. The molecule has 11 heavy (non-hydrogen) atoms. The van der Waals surface area contributed by atoms with E-state index in [0.29, 0.717) is 0 Å². The molecule has 1 heterocycles. The van der Waals surface area contributed by atoms with Crippen LogP contribution in [0.1, 0.15) is 6.92 Å². The SMILES string of the molecule is [B][C@@H]1O[C@H](C(C)O)C(O)C1O. The Hall–Kier alpha value is -0.0951. The van der Waals surface area contributed by atoms with Crippen molar-refractivity contribution in [2.24, 2.45) is 0 Å². The molecule has 0 amide bonds. The molecule has 1 saturated heterocycles. The summed E-state index contributed by atoms with van der Waals surface area (Å²) in [6.45, 7) is 1.47.